The molecular formula is C16H17NO3S. The zero-order valence-corrected chi connectivity index (χ0v) is 12.6. The van der Waals surface area contributed by atoms with Crippen molar-refractivity contribution in [3.63, 3.8) is 0 Å². The van der Waals surface area contributed by atoms with Crippen molar-refractivity contribution in [3.8, 4) is 17.2 Å². The van der Waals surface area contributed by atoms with E-state index in [1.54, 1.807) is 18.9 Å². The lowest BCUT2D eigenvalue weighted by atomic mass is 10.3. The minimum atomic E-state index is 0.639. The average Bonchev–Trinajstić information content (AvgIpc) is 2.74. The molecule has 0 aromatic heterocycles. The molecule has 0 saturated heterocycles. The topological polar surface area (TPSA) is 53.7 Å². The molecule has 1 heterocycles. The van der Waals surface area contributed by atoms with Gasteiger partial charge in [0, 0.05) is 16.2 Å². The van der Waals surface area contributed by atoms with Crippen LogP contribution in [0.15, 0.2) is 46.2 Å². The van der Waals surface area contributed by atoms with Crippen LogP contribution in [-0.4, -0.2) is 20.3 Å². The lowest BCUT2D eigenvalue weighted by Gasteiger charge is -2.10. The van der Waals surface area contributed by atoms with Gasteiger partial charge in [0.1, 0.15) is 5.75 Å². The van der Waals surface area contributed by atoms with Crippen molar-refractivity contribution in [1.29, 1.82) is 0 Å². The predicted octanol–water partition coefficient (Wildman–Crippen LogP) is 3.59. The van der Waals surface area contributed by atoms with E-state index < -0.39 is 0 Å². The zero-order valence-electron chi connectivity index (χ0n) is 11.8. The summed E-state index contributed by atoms with van der Waals surface area (Å²) in [6, 6.07) is 11.8. The molecule has 0 saturated carbocycles. The van der Waals surface area contributed by atoms with E-state index in [0.717, 1.165) is 27.7 Å². The lowest BCUT2D eigenvalue weighted by molar-refractivity contribution is 0.297. The van der Waals surface area contributed by atoms with Crippen molar-refractivity contribution in [2.45, 2.75) is 16.2 Å². The number of nitrogens with two attached hydrogens (primary N) is 1. The fraction of sp³-hybridized carbons (Fsp3) is 0.250. The third-order valence-corrected chi connectivity index (χ3v) is 4.14. The van der Waals surface area contributed by atoms with Gasteiger partial charge in [0.25, 0.3) is 0 Å². The van der Waals surface area contributed by atoms with Gasteiger partial charge in [-0.25, -0.2) is 0 Å². The van der Waals surface area contributed by atoms with Crippen molar-refractivity contribution < 1.29 is 14.2 Å². The predicted molar refractivity (Wildman–Crippen MR) is 83.6 cm³/mol. The number of nitrogen functional groups attached to an aromatic ring is 1. The highest BCUT2D eigenvalue weighted by Gasteiger charge is 2.11. The van der Waals surface area contributed by atoms with E-state index in [9.17, 15) is 0 Å². The minimum Gasteiger partial charge on any atom is -0.495 e. The maximum atomic E-state index is 5.83. The zero-order chi connectivity index (χ0) is 14.7. The smallest absolute Gasteiger partial charge is 0.162 e. The summed E-state index contributed by atoms with van der Waals surface area (Å²) >= 11 is 1.63. The molecule has 1 aliphatic heterocycles. The molecule has 0 spiro atoms. The Morgan fingerprint density at radius 3 is 2.52 bits per heavy atom. The van der Waals surface area contributed by atoms with Crippen LogP contribution in [0.4, 0.5) is 5.69 Å². The fourth-order valence-corrected chi connectivity index (χ4v) is 2.97. The van der Waals surface area contributed by atoms with Crippen molar-refractivity contribution in [3.05, 3.63) is 36.4 Å². The first-order valence-corrected chi connectivity index (χ1v) is 7.59. The second-order valence-corrected chi connectivity index (χ2v) is 5.81. The molecule has 0 bridgehead atoms. The van der Waals surface area contributed by atoms with E-state index >= 15 is 0 Å². The Hall–Kier alpha value is -2.01. The molecule has 0 fully saturated rings. The van der Waals surface area contributed by atoms with Crippen LogP contribution in [-0.2, 0) is 0 Å². The normalized spacial score (nSPS) is 13.6. The summed E-state index contributed by atoms with van der Waals surface area (Å²) < 4.78 is 16.6. The molecule has 4 nitrogen and oxygen atoms in total. The van der Waals surface area contributed by atoms with Gasteiger partial charge in [0.2, 0.25) is 0 Å². The molecule has 2 aromatic carbocycles. The summed E-state index contributed by atoms with van der Waals surface area (Å²) in [6.07, 6.45) is 0.909. The van der Waals surface area contributed by atoms with Crippen LogP contribution in [0.3, 0.4) is 0 Å². The number of hydrogen-bond donors (Lipinski definition) is 1. The summed E-state index contributed by atoms with van der Waals surface area (Å²) in [5, 5.41) is 0. The third kappa shape index (κ3) is 3.19. The Balaban J connectivity index is 1.83. The van der Waals surface area contributed by atoms with E-state index in [1.807, 2.05) is 36.4 Å². The van der Waals surface area contributed by atoms with Crippen molar-refractivity contribution in [2.24, 2.45) is 0 Å². The van der Waals surface area contributed by atoms with Crippen molar-refractivity contribution in [1.82, 2.24) is 0 Å². The summed E-state index contributed by atoms with van der Waals surface area (Å²) in [5.74, 6) is 2.31. The quantitative estimate of drug-likeness (QED) is 0.878. The summed E-state index contributed by atoms with van der Waals surface area (Å²) in [7, 11) is 1.62. The molecule has 0 amide bonds. The summed E-state index contributed by atoms with van der Waals surface area (Å²) in [6.45, 7) is 1.39. The number of rotatable bonds is 3. The van der Waals surface area contributed by atoms with E-state index in [2.05, 4.69) is 0 Å². The molecule has 21 heavy (non-hydrogen) atoms. The van der Waals surface area contributed by atoms with Crippen LogP contribution in [0.1, 0.15) is 6.42 Å². The molecule has 2 N–H and O–H groups in total. The molecule has 0 atom stereocenters. The highest BCUT2D eigenvalue weighted by Crippen LogP contribution is 2.38. The second kappa shape index (κ2) is 6.18. The van der Waals surface area contributed by atoms with Gasteiger partial charge in [0.05, 0.1) is 26.0 Å². The standard InChI is InChI=1S/C16H17NO3S/c1-18-15-9-11(3-5-13(15)17)21-12-4-6-14-16(10-12)20-8-2-7-19-14/h3-6,9-10H,2,7-8,17H2,1H3. The Labute approximate surface area is 128 Å². The lowest BCUT2D eigenvalue weighted by Crippen LogP contribution is -1.97. The monoisotopic (exact) mass is 303 g/mol. The SMILES string of the molecule is COc1cc(Sc2ccc3c(c2)OCCCO3)ccc1N. The first-order valence-electron chi connectivity index (χ1n) is 6.77. The highest BCUT2D eigenvalue weighted by molar-refractivity contribution is 7.99. The molecule has 3 rings (SSSR count). The summed E-state index contributed by atoms with van der Waals surface area (Å²) in [5.41, 5.74) is 6.47. The number of ether oxygens (including phenoxy) is 3. The molecular weight excluding hydrogens is 286 g/mol. The van der Waals surface area contributed by atoms with Gasteiger partial charge in [-0.3, -0.25) is 0 Å². The van der Waals surface area contributed by atoms with Crippen LogP contribution in [0.5, 0.6) is 17.2 Å². The van der Waals surface area contributed by atoms with Gasteiger partial charge in [-0.15, -0.1) is 0 Å². The third-order valence-electron chi connectivity index (χ3n) is 3.16. The number of anilines is 1. The van der Waals surface area contributed by atoms with Crippen molar-refractivity contribution >= 4 is 17.4 Å². The first-order chi connectivity index (χ1) is 10.3. The average molecular weight is 303 g/mol. The van der Waals surface area contributed by atoms with E-state index in [0.29, 0.717) is 24.7 Å². The number of hydrogen-bond acceptors (Lipinski definition) is 5. The largest absolute Gasteiger partial charge is 0.495 e. The molecule has 2 aromatic rings. The first kappa shape index (κ1) is 13.9. The van der Waals surface area contributed by atoms with Gasteiger partial charge in [0.15, 0.2) is 11.5 Å². The maximum absolute atomic E-state index is 5.83. The van der Waals surface area contributed by atoms with Crippen LogP contribution in [0, 0.1) is 0 Å². The van der Waals surface area contributed by atoms with Crippen molar-refractivity contribution in [2.75, 3.05) is 26.1 Å². The number of methoxy groups -OCH3 is 1. The van der Waals surface area contributed by atoms with E-state index in [4.69, 9.17) is 19.9 Å². The van der Waals surface area contributed by atoms with Gasteiger partial charge in [-0.1, -0.05) is 11.8 Å². The Morgan fingerprint density at radius 1 is 1.00 bits per heavy atom. The fourth-order valence-electron chi connectivity index (χ4n) is 2.10. The Morgan fingerprint density at radius 2 is 1.71 bits per heavy atom. The molecule has 1 aliphatic rings. The highest BCUT2D eigenvalue weighted by atomic mass is 32.2. The van der Waals surface area contributed by atoms with E-state index in [-0.39, 0.29) is 0 Å². The van der Waals surface area contributed by atoms with Crippen LogP contribution >= 0.6 is 11.8 Å². The van der Waals surface area contributed by atoms with Gasteiger partial charge < -0.3 is 19.9 Å². The molecule has 5 heteroatoms. The van der Waals surface area contributed by atoms with E-state index in [1.165, 1.54) is 0 Å². The summed E-state index contributed by atoms with van der Waals surface area (Å²) in [4.78, 5) is 2.15. The number of fused-ring (bicyclic) bond motifs is 1. The molecule has 110 valence electrons. The maximum Gasteiger partial charge on any atom is 0.162 e. The molecule has 0 radical (unpaired) electrons. The molecule has 0 unspecified atom stereocenters. The van der Waals surface area contributed by atoms with Gasteiger partial charge in [-0.05, 0) is 36.4 Å². The second-order valence-electron chi connectivity index (χ2n) is 4.66. The number of benzene rings is 2. The molecule has 0 aliphatic carbocycles. The van der Waals surface area contributed by atoms with Crippen LogP contribution < -0.4 is 19.9 Å². The Kier molecular flexibility index (Phi) is 4.10. The van der Waals surface area contributed by atoms with Gasteiger partial charge in [-0.2, -0.15) is 0 Å². The van der Waals surface area contributed by atoms with Crippen LogP contribution in [0.2, 0.25) is 0 Å². The van der Waals surface area contributed by atoms with Gasteiger partial charge >= 0.3 is 0 Å². The Bertz CT molecular complexity index is 645. The van der Waals surface area contributed by atoms with Crippen LogP contribution in [0.25, 0.3) is 0 Å². The minimum absolute atomic E-state index is 0.639.